The minimum absolute atomic E-state index is 0.213. The summed E-state index contributed by atoms with van der Waals surface area (Å²) in [6.07, 6.45) is 0. The predicted octanol–water partition coefficient (Wildman–Crippen LogP) is 4.38. The monoisotopic (exact) mass is 374 g/mol. The van der Waals surface area contributed by atoms with Crippen LogP contribution in [0.25, 0.3) is 10.6 Å². The Morgan fingerprint density at radius 2 is 2.04 bits per heavy atom. The van der Waals surface area contributed by atoms with Crippen LogP contribution in [0.2, 0.25) is 0 Å². The Morgan fingerprint density at radius 1 is 1.20 bits per heavy atom. The lowest BCUT2D eigenvalue weighted by Gasteiger charge is -2.17. The second kappa shape index (κ2) is 7.67. The van der Waals surface area contributed by atoms with E-state index in [0.29, 0.717) is 17.2 Å². The largest absolute Gasteiger partial charge is 0.497 e. The highest BCUT2D eigenvalue weighted by molar-refractivity contribution is 7.14. The lowest BCUT2D eigenvalue weighted by Crippen LogP contribution is -2.27. The summed E-state index contributed by atoms with van der Waals surface area (Å²) in [5.74, 6) is 1.20. The molecule has 1 aromatic carbocycles. The molecule has 0 spiro atoms. The number of rotatable bonds is 6. The number of thiazole rings is 1. The first-order valence-corrected chi connectivity index (χ1v) is 9.45. The molecule has 0 bridgehead atoms. The van der Waals surface area contributed by atoms with E-state index in [1.165, 1.54) is 11.3 Å². The first-order chi connectivity index (χ1) is 12.1. The van der Waals surface area contributed by atoms with Crippen LogP contribution in [0.3, 0.4) is 0 Å². The van der Waals surface area contributed by atoms with Gasteiger partial charge in [-0.05, 0) is 36.6 Å². The normalized spacial score (nSPS) is 11.8. The first-order valence-electron chi connectivity index (χ1n) is 7.63. The Hall–Kier alpha value is -2.38. The third kappa shape index (κ3) is 3.83. The Kier molecular flexibility index (Phi) is 5.35. The van der Waals surface area contributed by atoms with Crippen molar-refractivity contribution < 1.29 is 14.3 Å². The van der Waals surface area contributed by atoms with E-state index in [4.69, 9.17) is 9.47 Å². The SMILES string of the molecule is COc1ccc(OC)c([C@@H](C)NC(=O)c2csc(-c3ccsc3)n2)c1. The number of hydrogen-bond donors (Lipinski definition) is 1. The van der Waals surface area contributed by atoms with Gasteiger partial charge >= 0.3 is 0 Å². The van der Waals surface area contributed by atoms with E-state index in [0.717, 1.165) is 16.1 Å². The van der Waals surface area contributed by atoms with Crippen molar-refractivity contribution in [1.29, 1.82) is 0 Å². The maximum Gasteiger partial charge on any atom is 0.271 e. The topological polar surface area (TPSA) is 60.5 Å². The van der Waals surface area contributed by atoms with Gasteiger partial charge in [-0.15, -0.1) is 11.3 Å². The molecule has 5 nitrogen and oxygen atoms in total. The molecule has 3 rings (SSSR count). The molecule has 130 valence electrons. The van der Waals surface area contributed by atoms with E-state index >= 15 is 0 Å². The Morgan fingerprint density at radius 3 is 2.72 bits per heavy atom. The van der Waals surface area contributed by atoms with Crippen molar-refractivity contribution in [2.75, 3.05) is 14.2 Å². The summed E-state index contributed by atoms with van der Waals surface area (Å²) >= 11 is 3.07. The van der Waals surface area contributed by atoms with Gasteiger partial charge in [0.25, 0.3) is 5.91 Å². The quantitative estimate of drug-likeness (QED) is 0.696. The average Bonchev–Trinajstić information content (AvgIpc) is 3.32. The van der Waals surface area contributed by atoms with Crippen LogP contribution >= 0.6 is 22.7 Å². The summed E-state index contributed by atoms with van der Waals surface area (Å²) in [5, 5.41) is 9.60. The molecule has 0 radical (unpaired) electrons. The van der Waals surface area contributed by atoms with Gasteiger partial charge in [0.2, 0.25) is 0 Å². The zero-order chi connectivity index (χ0) is 17.8. The molecule has 7 heteroatoms. The summed E-state index contributed by atoms with van der Waals surface area (Å²) in [4.78, 5) is 17.0. The number of benzene rings is 1. The number of ether oxygens (including phenoxy) is 2. The van der Waals surface area contributed by atoms with E-state index in [1.54, 1.807) is 30.9 Å². The van der Waals surface area contributed by atoms with Crippen LogP contribution in [0, 0.1) is 0 Å². The molecule has 0 fully saturated rings. The Bertz CT molecular complexity index is 859. The second-order valence-corrected chi connectivity index (χ2v) is 6.99. The molecule has 2 heterocycles. The zero-order valence-corrected chi connectivity index (χ0v) is 15.7. The smallest absolute Gasteiger partial charge is 0.271 e. The third-order valence-corrected chi connectivity index (χ3v) is 5.33. The van der Waals surface area contributed by atoms with Crippen molar-refractivity contribution in [3.05, 3.63) is 51.7 Å². The highest BCUT2D eigenvalue weighted by Gasteiger charge is 2.18. The van der Waals surface area contributed by atoms with Gasteiger partial charge in [-0.1, -0.05) is 0 Å². The van der Waals surface area contributed by atoms with Crippen molar-refractivity contribution >= 4 is 28.6 Å². The van der Waals surface area contributed by atoms with Gasteiger partial charge < -0.3 is 14.8 Å². The molecule has 0 unspecified atom stereocenters. The average molecular weight is 374 g/mol. The van der Waals surface area contributed by atoms with Crippen LogP contribution in [0.5, 0.6) is 11.5 Å². The van der Waals surface area contributed by atoms with Crippen LogP contribution in [-0.2, 0) is 0 Å². The van der Waals surface area contributed by atoms with Crippen LogP contribution < -0.4 is 14.8 Å². The Labute approximate surface area is 154 Å². The van der Waals surface area contributed by atoms with E-state index in [9.17, 15) is 4.79 Å². The van der Waals surface area contributed by atoms with Crippen molar-refractivity contribution in [3.8, 4) is 22.1 Å². The van der Waals surface area contributed by atoms with Crippen LogP contribution in [0.1, 0.15) is 29.0 Å². The number of carbonyl (C=O) groups is 1. The van der Waals surface area contributed by atoms with Crippen LogP contribution in [0.4, 0.5) is 0 Å². The summed E-state index contributed by atoms with van der Waals surface area (Å²) < 4.78 is 10.6. The highest BCUT2D eigenvalue weighted by atomic mass is 32.1. The fourth-order valence-corrected chi connectivity index (χ4v) is 3.94. The van der Waals surface area contributed by atoms with E-state index in [-0.39, 0.29) is 11.9 Å². The number of thiophene rings is 1. The number of hydrogen-bond acceptors (Lipinski definition) is 6. The molecule has 0 saturated carbocycles. The lowest BCUT2D eigenvalue weighted by molar-refractivity contribution is 0.0935. The number of carbonyl (C=O) groups excluding carboxylic acids is 1. The molecule has 2 aromatic heterocycles. The minimum atomic E-state index is -0.246. The predicted molar refractivity (Wildman–Crippen MR) is 101 cm³/mol. The molecule has 0 saturated heterocycles. The van der Waals surface area contributed by atoms with Crippen molar-refractivity contribution in [1.82, 2.24) is 10.3 Å². The van der Waals surface area contributed by atoms with Gasteiger partial charge in [-0.3, -0.25) is 4.79 Å². The number of nitrogens with zero attached hydrogens (tertiary/aromatic N) is 1. The highest BCUT2D eigenvalue weighted by Crippen LogP contribution is 2.30. The molecule has 0 aliphatic rings. The van der Waals surface area contributed by atoms with Gasteiger partial charge in [0.15, 0.2) is 0 Å². The maximum absolute atomic E-state index is 12.5. The number of nitrogens with one attached hydrogen (secondary N) is 1. The minimum Gasteiger partial charge on any atom is -0.497 e. The van der Waals surface area contributed by atoms with E-state index < -0.39 is 0 Å². The summed E-state index contributed by atoms with van der Waals surface area (Å²) in [5.41, 5.74) is 2.31. The van der Waals surface area contributed by atoms with Gasteiger partial charge in [-0.25, -0.2) is 4.98 Å². The van der Waals surface area contributed by atoms with Gasteiger partial charge in [0.1, 0.15) is 22.2 Å². The number of amides is 1. The fraction of sp³-hybridized carbons (Fsp3) is 0.222. The van der Waals surface area contributed by atoms with Crippen molar-refractivity contribution in [2.45, 2.75) is 13.0 Å². The summed E-state index contributed by atoms with van der Waals surface area (Å²) in [7, 11) is 3.21. The van der Waals surface area contributed by atoms with Gasteiger partial charge in [-0.2, -0.15) is 11.3 Å². The van der Waals surface area contributed by atoms with Gasteiger partial charge in [0.05, 0.1) is 20.3 Å². The fourth-order valence-electron chi connectivity index (χ4n) is 2.42. The number of aromatic nitrogens is 1. The molecule has 0 aliphatic heterocycles. The summed E-state index contributed by atoms with van der Waals surface area (Å²) in [6.45, 7) is 1.90. The Balaban J connectivity index is 1.77. The first kappa shape index (κ1) is 17.4. The number of methoxy groups -OCH3 is 2. The standard InChI is InChI=1S/C18H18N2O3S2/c1-11(14-8-13(22-2)4-5-16(14)23-3)19-17(21)15-10-25-18(20-15)12-6-7-24-9-12/h4-11H,1-3H3,(H,19,21)/t11-/m1/s1. The van der Waals surface area contributed by atoms with E-state index in [1.807, 2.05) is 41.9 Å². The maximum atomic E-state index is 12.5. The molecule has 1 amide bonds. The van der Waals surface area contributed by atoms with Crippen LogP contribution in [-0.4, -0.2) is 25.1 Å². The summed E-state index contributed by atoms with van der Waals surface area (Å²) in [6, 6.07) is 7.26. The molecule has 25 heavy (non-hydrogen) atoms. The second-order valence-electron chi connectivity index (χ2n) is 5.35. The molecular weight excluding hydrogens is 356 g/mol. The third-order valence-electron chi connectivity index (χ3n) is 3.76. The molecular formula is C18H18N2O3S2. The zero-order valence-electron chi connectivity index (χ0n) is 14.1. The van der Waals surface area contributed by atoms with Crippen molar-refractivity contribution in [3.63, 3.8) is 0 Å². The van der Waals surface area contributed by atoms with Crippen LogP contribution in [0.15, 0.2) is 40.4 Å². The molecule has 1 atom stereocenters. The molecule has 3 aromatic rings. The lowest BCUT2D eigenvalue weighted by atomic mass is 10.1. The van der Waals surface area contributed by atoms with Crippen molar-refractivity contribution in [2.24, 2.45) is 0 Å². The molecule has 0 aliphatic carbocycles. The van der Waals surface area contributed by atoms with Gasteiger partial charge in [0, 0.05) is 21.9 Å². The molecule has 1 N–H and O–H groups in total. The van der Waals surface area contributed by atoms with E-state index in [2.05, 4.69) is 10.3 Å².